The predicted molar refractivity (Wildman–Crippen MR) is 117 cm³/mol. The van der Waals surface area contributed by atoms with Crippen molar-refractivity contribution in [2.24, 2.45) is 0 Å². The van der Waals surface area contributed by atoms with Crippen LogP contribution in [0.1, 0.15) is 35.2 Å². The normalized spacial score (nSPS) is 23.1. The maximum Gasteiger partial charge on any atom is 0.251 e. The molecule has 0 radical (unpaired) electrons. The number of nitrogens with one attached hydrogen (secondary N) is 1. The van der Waals surface area contributed by atoms with Crippen molar-refractivity contribution in [3.63, 3.8) is 0 Å². The molecule has 3 aliphatic rings. The van der Waals surface area contributed by atoms with Crippen LogP contribution in [0.3, 0.4) is 0 Å². The summed E-state index contributed by atoms with van der Waals surface area (Å²) in [5.41, 5.74) is 1.54. The third kappa shape index (κ3) is 5.25. The van der Waals surface area contributed by atoms with Crippen LogP contribution < -0.4 is 5.32 Å². The molecule has 0 aliphatic carbocycles. The monoisotopic (exact) mass is 427 g/mol. The van der Waals surface area contributed by atoms with Crippen LogP contribution in [0.5, 0.6) is 0 Å². The summed E-state index contributed by atoms with van der Waals surface area (Å²) in [5.74, 6) is 0.00780. The molecule has 168 valence electrons. The van der Waals surface area contributed by atoms with Crippen LogP contribution in [0.25, 0.3) is 0 Å². The first-order chi connectivity index (χ1) is 15.0. The summed E-state index contributed by atoms with van der Waals surface area (Å²) in [7, 11) is 2.13. The number of piperazine rings is 2. The Kier molecular flexibility index (Phi) is 6.87. The van der Waals surface area contributed by atoms with E-state index in [1.165, 1.54) is 0 Å². The Labute approximate surface area is 184 Å². The molecule has 1 unspecified atom stereocenters. The van der Waals surface area contributed by atoms with Crippen molar-refractivity contribution < 1.29 is 14.4 Å². The molecule has 8 nitrogen and oxygen atoms in total. The SMILES string of the molecule is CN1CCN(CCNC(=O)c2ccc(CN3CC(=O)N4CCCCC4C3=O)cc2)CC1. The quantitative estimate of drug-likeness (QED) is 0.711. The van der Waals surface area contributed by atoms with Gasteiger partial charge in [-0.3, -0.25) is 19.3 Å². The number of carbonyl (C=O) groups is 3. The van der Waals surface area contributed by atoms with Gasteiger partial charge in [0.15, 0.2) is 0 Å². The van der Waals surface area contributed by atoms with Gasteiger partial charge < -0.3 is 20.0 Å². The highest BCUT2D eigenvalue weighted by Gasteiger charge is 2.40. The molecule has 4 rings (SSSR count). The lowest BCUT2D eigenvalue weighted by Crippen LogP contribution is -2.60. The molecule has 0 saturated carbocycles. The Morgan fingerprint density at radius 2 is 1.77 bits per heavy atom. The van der Waals surface area contributed by atoms with Crippen molar-refractivity contribution in [3.8, 4) is 0 Å². The molecular formula is C23H33N5O3. The first-order valence-corrected chi connectivity index (χ1v) is 11.4. The van der Waals surface area contributed by atoms with Crippen molar-refractivity contribution in [2.45, 2.75) is 31.8 Å². The van der Waals surface area contributed by atoms with E-state index in [1.54, 1.807) is 21.9 Å². The van der Waals surface area contributed by atoms with Crippen LogP contribution in [0.2, 0.25) is 0 Å². The van der Waals surface area contributed by atoms with Crippen molar-refractivity contribution in [2.75, 3.05) is 59.4 Å². The number of hydrogen-bond acceptors (Lipinski definition) is 5. The lowest BCUT2D eigenvalue weighted by molar-refractivity contribution is -0.158. The van der Waals surface area contributed by atoms with Gasteiger partial charge in [-0.25, -0.2) is 0 Å². The number of rotatable bonds is 6. The van der Waals surface area contributed by atoms with Gasteiger partial charge in [0, 0.05) is 57.9 Å². The Hall–Kier alpha value is -2.45. The van der Waals surface area contributed by atoms with Crippen molar-refractivity contribution in [3.05, 3.63) is 35.4 Å². The molecule has 31 heavy (non-hydrogen) atoms. The second kappa shape index (κ2) is 9.78. The molecule has 1 aromatic carbocycles. The van der Waals surface area contributed by atoms with E-state index in [0.29, 0.717) is 25.2 Å². The summed E-state index contributed by atoms with van der Waals surface area (Å²) in [4.78, 5) is 45.8. The molecule has 0 bridgehead atoms. The summed E-state index contributed by atoms with van der Waals surface area (Å²) < 4.78 is 0. The molecular weight excluding hydrogens is 394 g/mol. The summed E-state index contributed by atoms with van der Waals surface area (Å²) in [6.45, 7) is 6.95. The van der Waals surface area contributed by atoms with E-state index in [0.717, 1.165) is 57.5 Å². The molecule has 1 aromatic rings. The van der Waals surface area contributed by atoms with Crippen LogP contribution in [-0.4, -0.2) is 103 Å². The van der Waals surface area contributed by atoms with E-state index in [2.05, 4.69) is 22.2 Å². The van der Waals surface area contributed by atoms with Crippen LogP contribution in [-0.2, 0) is 16.1 Å². The molecule has 3 heterocycles. The van der Waals surface area contributed by atoms with Gasteiger partial charge in [-0.1, -0.05) is 12.1 Å². The average molecular weight is 428 g/mol. The second-order valence-electron chi connectivity index (χ2n) is 8.89. The fraction of sp³-hybridized carbons (Fsp3) is 0.609. The Bertz CT molecular complexity index is 804. The maximum atomic E-state index is 12.8. The summed E-state index contributed by atoms with van der Waals surface area (Å²) >= 11 is 0. The van der Waals surface area contributed by atoms with Gasteiger partial charge in [-0.2, -0.15) is 0 Å². The van der Waals surface area contributed by atoms with Gasteiger partial charge in [0.25, 0.3) is 5.91 Å². The minimum atomic E-state index is -0.291. The maximum absolute atomic E-state index is 12.8. The van der Waals surface area contributed by atoms with Crippen LogP contribution >= 0.6 is 0 Å². The van der Waals surface area contributed by atoms with Crippen molar-refractivity contribution in [1.82, 2.24) is 24.9 Å². The summed E-state index contributed by atoms with van der Waals surface area (Å²) in [6, 6.07) is 7.05. The van der Waals surface area contributed by atoms with Gasteiger partial charge in [0.1, 0.15) is 12.6 Å². The smallest absolute Gasteiger partial charge is 0.251 e. The van der Waals surface area contributed by atoms with Gasteiger partial charge in [-0.05, 0) is 44.0 Å². The Balaban J connectivity index is 1.26. The molecule has 0 spiro atoms. The number of benzene rings is 1. The number of piperidine rings is 1. The van der Waals surface area contributed by atoms with Crippen molar-refractivity contribution in [1.29, 1.82) is 0 Å². The molecule has 3 amide bonds. The fourth-order valence-corrected chi connectivity index (χ4v) is 4.65. The number of nitrogens with zero attached hydrogens (tertiary/aromatic N) is 4. The molecule has 1 atom stereocenters. The Morgan fingerprint density at radius 3 is 2.52 bits per heavy atom. The zero-order valence-electron chi connectivity index (χ0n) is 18.4. The van der Waals surface area contributed by atoms with E-state index in [-0.39, 0.29) is 30.3 Å². The van der Waals surface area contributed by atoms with E-state index in [4.69, 9.17) is 0 Å². The minimum absolute atomic E-state index is 0.0423. The number of carbonyl (C=O) groups excluding carboxylic acids is 3. The zero-order chi connectivity index (χ0) is 21.8. The molecule has 3 aliphatic heterocycles. The predicted octanol–water partition coefficient (Wildman–Crippen LogP) is 0.387. The van der Waals surface area contributed by atoms with Crippen molar-refractivity contribution >= 4 is 17.7 Å². The van der Waals surface area contributed by atoms with Gasteiger partial charge >= 0.3 is 0 Å². The number of hydrogen-bond donors (Lipinski definition) is 1. The zero-order valence-corrected chi connectivity index (χ0v) is 18.4. The summed E-state index contributed by atoms with van der Waals surface area (Å²) in [5, 5.41) is 2.99. The van der Waals surface area contributed by atoms with Crippen LogP contribution in [0.15, 0.2) is 24.3 Å². The first kappa shape index (κ1) is 21.8. The lowest BCUT2D eigenvalue weighted by atomic mass is 9.98. The third-order valence-electron chi connectivity index (χ3n) is 6.65. The lowest BCUT2D eigenvalue weighted by Gasteiger charge is -2.42. The minimum Gasteiger partial charge on any atom is -0.351 e. The van der Waals surface area contributed by atoms with Crippen LogP contribution in [0.4, 0.5) is 0 Å². The van der Waals surface area contributed by atoms with E-state index in [9.17, 15) is 14.4 Å². The molecule has 3 saturated heterocycles. The van der Waals surface area contributed by atoms with E-state index < -0.39 is 0 Å². The topological polar surface area (TPSA) is 76.2 Å². The van der Waals surface area contributed by atoms with Gasteiger partial charge in [0.2, 0.25) is 11.8 Å². The molecule has 3 fully saturated rings. The summed E-state index contributed by atoms with van der Waals surface area (Å²) in [6.07, 6.45) is 2.73. The third-order valence-corrected chi connectivity index (χ3v) is 6.65. The number of amides is 3. The number of fused-ring (bicyclic) bond motifs is 1. The highest BCUT2D eigenvalue weighted by molar-refractivity contribution is 5.95. The van der Waals surface area contributed by atoms with E-state index >= 15 is 0 Å². The molecule has 8 heteroatoms. The van der Waals surface area contributed by atoms with Gasteiger partial charge in [0.05, 0.1) is 0 Å². The Morgan fingerprint density at radius 1 is 1.03 bits per heavy atom. The highest BCUT2D eigenvalue weighted by atomic mass is 16.2. The first-order valence-electron chi connectivity index (χ1n) is 11.4. The van der Waals surface area contributed by atoms with Crippen LogP contribution in [0, 0.1) is 0 Å². The molecule has 1 N–H and O–H groups in total. The average Bonchev–Trinajstić information content (AvgIpc) is 2.79. The number of likely N-dealkylation sites (N-methyl/N-ethyl adjacent to an activating group) is 1. The second-order valence-corrected chi connectivity index (χ2v) is 8.89. The fourth-order valence-electron chi connectivity index (χ4n) is 4.65. The standard InChI is InChI=1S/C23H33N5O3/c1-25-12-14-26(15-13-25)11-9-24-22(30)19-7-5-18(6-8-19)16-27-17-21(29)28-10-3-2-4-20(28)23(27)31/h5-8,20H,2-4,9-17H2,1H3,(H,24,30). The van der Waals surface area contributed by atoms with E-state index in [1.807, 2.05) is 12.1 Å². The molecule has 0 aromatic heterocycles. The largest absolute Gasteiger partial charge is 0.351 e. The highest BCUT2D eigenvalue weighted by Crippen LogP contribution is 2.24. The van der Waals surface area contributed by atoms with Gasteiger partial charge in [-0.15, -0.1) is 0 Å².